The predicted molar refractivity (Wildman–Crippen MR) is 77.5 cm³/mol. The third-order valence-corrected chi connectivity index (χ3v) is 4.51. The van der Waals surface area contributed by atoms with Gasteiger partial charge in [0.15, 0.2) is 0 Å². The van der Waals surface area contributed by atoms with Crippen molar-refractivity contribution in [2.75, 3.05) is 59.6 Å². The lowest BCUT2D eigenvalue weighted by Crippen LogP contribution is -2.60. The number of rotatable bonds is 7. The SMILES string of the molecule is COCCN1CC2(CCN(CCOC(C)C)CC2)C1. The van der Waals surface area contributed by atoms with E-state index in [0.29, 0.717) is 11.5 Å². The summed E-state index contributed by atoms with van der Waals surface area (Å²) in [5.41, 5.74) is 0.628. The Balaban J connectivity index is 1.58. The molecule has 4 nitrogen and oxygen atoms in total. The normalized spacial score (nSPS) is 24.0. The zero-order valence-electron chi connectivity index (χ0n) is 12.9. The van der Waals surface area contributed by atoms with Gasteiger partial charge in [-0.1, -0.05) is 0 Å². The summed E-state index contributed by atoms with van der Waals surface area (Å²) < 4.78 is 10.8. The highest BCUT2D eigenvalue weighted by atomic mass is 16.5. The highest BCUT2D eigenvalue weighted by Gasteiger charge is 2.44. The third kappa shape index (κ3) is 4.42. The largest absolute Gasteiger partial charge is 0.383 e. The van der Waals surface area contributed by atoms with E-state index in [9.17, 15) is 0 Å². The molecule has 0 radical (unpaired) electrons. The molecule has 19 heavy (non-hydrogen) atoms. The minimum absolute atomic E-state index is 0.358. The molecule has 0 aromatic carbocycles. The molecule has 2 fully saturated rings. The average Bonchev–Trinajstić information content (AvgIpc) is 2.35. The van der Waals surface area contributed by atoms with Gasteiger partial charge < -0.3 is 14.4 Å². The van der Waals surface area contributed by atoms with E-state index in [-0.39, 0.29) is 0 Å². The lowest BCUT2D eigenvalue weighted by Gasteiger charge is -2.54. The lowest BCUT2D eigenvalue weighted by molar-refractivity contribution is -0.0583. The first-order chi connectivity index (χ1) is 9.13. The number of piperidine rings is 1. The van der Waals surface area contributed by atoms with Gasteiger partial charge in [-0.2, -0.15) is 0 Å². The Morgan fingerprint density at radius 2 is 1.63 bits per heavy atom. The van der Waals surface area contributed by atoms with Gasteiger partial charge in [0.2, 0.25) is 0 Å². The molecular formula is C15H30N2O2. The van der Waals surface area contributed by atoms with Gasteiger partial charge >= 0.3 is 0 Å². The van der Waals surface area contributed by atoms with Crippen LogP contribution in [0.5, 0.6) is 0 Å². The Bertz CT molecular complexity index is 255. The molecule has 4 heteroatoms. The second-order valence-electron chi connectivity index (χ2n) is 6.46. The van der Waals surface area contributed by atoms with Gasteiger partial charge in [0, 0.05) is 33.3 Å². The predicted octanol–water partition coefficient (Wildman–Crippen LogP) is 1.46. The molecule has 2 heterocycles. The number of hydrogen-bond acceptors (Lipinski definition) is 4. The van der Waals surface area contributed by atoms with Crippen molar-refractivity contribution in [3.8, 4) is 0 Å². The van der Waals surface area contributed by atoms with Crippen molar-refractivity contribution in [3.05, 3.63) is 0 Å². The van der Waals surface area contributed by atoms with Crippen molar-refractivity contribution in [3.63, 3.8) is 0 Å². The molecule has 0 N–H and O–H groups in total. The molecule has 0 bridgehead atoms. The summed E-state index contributed by atoms with van der Waals surface area (Å²) in [6.45, 7) is 13.2. The molecule has 0 unspecified atom stereocenters. The Hall–Kier alpha value is -0.160. The highest BCUT2D eigenvalue weighted by Crippen LogP contribution is 2.39. The van der Waals surface area contributed by atoms with E-state index in [1.165, 1.54) is 39.0 Å². The van der Waals surface area contributed by atoms with Gasteiger partial charge in [-0.25, -0.2) is 0 Å². The first-order valence-corrected chi connectivity index (χ1v) is 7.69. The summed E-state index contributed by atoms with van der Waals surface area (Å²) in [6, 6.07) is 0. The summed E-state index contributed by atoms with van der Waals surface area (Å²) in [4.78, 5) is 5.09. The molecule has 0 aromatic rings. The Morgan fingerprint density at radius 1 is 1.00 bits per heavy atom. The van der Waals surface area contributed by atoms with Crippen LogP contribution in [0.1, 0.15) is 26.7 Å². The van der Waals surface area contributed by atoms with Crippen LogP contribution >= 0.6 is 0 Å². The van der Waals surface area contributed by atoms with Crippen molar-refractivity contribution in [2.24, 2.45) is 5.41 Å². The van der Waals surface area contributed by atoms with Crippen molar-refractivity contribution in [1.29, 1.82) is 0 Å². The van der Waals surface area contributed by atoms with Crippen molar-refractivity contribution < 1.29 is 9.47 Å². The molecule has 0 saturated carbocycles. The van der Waals surface area contributed by atoms with Crippen LogP contribution in [-0.4, -0.2) is 75.5 Å². The molecule has 0 aromatic heterocycles. The number of hydrogen-bond donors (Lipinski definition) is 0. The molecular weight excluding hydrogens is 240 g/mol. The van der Waals surface area contributed by atoms with Crippen LogP contribution in [0.2, 0.25) is 0 Å². The zero-order valence-corrected chi connectivity index (χ0v) is 12.9. The zero-order chi connectivity index (χ0) is 13.7. The summed E-state index contributed by atoms with van der Waals surface area (Å²) >= 11 is 0. The van der Waals surface area contributed by atoms with Gasteiger partial charge in [-0.05, 0) is 45.2 Å². The van der Waals surface area contributed by atoms with Crippen LogP contribution in [0.15, 0.2) is 0 Å². The van der Waals surface area contributed by atoms with E-state index in [4.69, 9.17) is 9.47 Å². The minimum atomic E-state index is 0.358. The summed E-state index contributed by atoms with van der Waals surface area (Å²) in [5.74, 6) is 0. The number of ether oxygens (including phenoxy) is 2. The lowest BCUT2D eigenvalue weighted by atomic mass is 9.72. The van der Waals surface area contributed by atoms with Crippen LogP contribution in [0.4, 0.5) is 0 Å². The van der Waals surface area contributed by atoms with E-state index in [1.807, 2.05) is 0 Å². The molecule has 0 atom stereocenters. The van der Waals surface area contributed by atoms with E-state index >= 15 is 0 Å². The highest BCUT2D eigenvalue weighted by molar-refractivity contribution is 4.98. The Morgan fingerprint density at radius 3 is 2.21 bits per heavy atom. The maximum Gasteiger partial charge on any atom is 0.0596 e. The summed E-state index contributed by atoms with van der Waals surface area (Å²) in [5, 5.41) is 0. The molecule has 1 spiro atoms. The van der Waals surface area contributed by atoms with Crippen LogP contribution < -0.4 is 0 Å². The third-order valence-electron chi connectivity index (χ3n) is 4.51. The standard InChI is InChI=1S/C15H30N2O2/c1-14(2)19-11-9-16-6-4-15(5-7-16)12-17(13-15)8-10-18-3/h14H,4-13H2,1-3H3. The van der Waals surface area contributed by atoms with Crippen molar-refractivity contribution >= 4 is 0 Å². The van der Waals surface area contributed by atoms with Gasteiger partial charge in [0.05, 0.1) is 19.3 Å². The maximum atomic E-state index is 5.63. The first kappa shape index (κ1) is 15.2. The maximum absolute atomic E-state index is 5.63. The van der Waals surface area contributed by atoms with E-state index in [2.05, 4.69) is 23.6 Å². The Kier molecular flexibility index (Phi) is 5.63. The first-order valence-electron chi connectivity index (χ1n) is 7.69. The minimum Gasteiger partial charge on any atom is -0.383 e. The van der Waals surface area contributed by atoms with Gasteiger partial charge in [-0.3, -0.25) is 4.90 Å². The fourth-order valence-corrected chi connectivity index (χ4v) is 3.27. The number of methoxy groups -OCH3 is 1. The second kappa shape index (κ2) is 7.02. The topological polar surface area (TPSA) is 24.9 Å². The molecule has 2 aliphatic rings. The van der Waals surface area contributed by atoms with Crippen LogP contribution in [-0.2, 0) is 9.47 Å². The summed E-state index contributed by atoms with van der Waals surface area (Å²) in [6.07, 6.45) is 3.08. The van der Waals surface area contributed by atoms with Crippen LogP contribution in [0.25, 0.3) is 0 Å². The number of nitrogens with zero attached hydrogens (tertiary/aromatic N) is 2. The van der Waals surface area contributed by atoms with Gasteiger partial charge in [-0.15, -0.1) is 0 Å². The second-order valence-corrected chi connectivity index (χ2v) is 6.46. The van der Waals surface area contributed by atoms with E-state index < -0.39 is 0 Å². The average molecular weight is 270 g/mol. The fourth-order valence-electron chi connectivity index (χ4n) is 3.27. The van der Waals surface area contributed by atoms with E-state index in [0.717, 1.165) is 26.3 Å². The molecule has 112 valence electrons. The quantitative estimate of drug-likeness (QED) is 0.699. The molecule has 0 aliphatic carbocycles. The molecule has 0 amide bonds. The van der Waals surface area contributed by atoms with Crippen LogP contribution in [0, 0.1) is 5.41 Å². The summed E-state index contributed by atoms with van der Waals surface area (Å²) in [7, 11) is 1.78. The molecule has 2 rings (SSSR count). The smallest absolute Gasteiger partial charge is 0.0596 e. The monoisotopic (exact) mass is 270 g/mol. The van der Waals surface area contributed by atoms with Crippen molar-refractivity contribution in [2.45, 2.75) is 32.8 Å². The molecule has 2 aliphatic heterocycles. The number of likely N-dealkylation sites (tertiary alicyclic amines) is 2. The fraction of sp³-hybridized carbons (Fsp3) is 1.00. The Labute approximate surface area is 118 Å². The van der Waals surface area contributed by atoms with Gasteiger partial charge in [0.1, 0.15) is 0 Å². The van der Waals surface area contributed by atoms with Crippen LogP contribution in [0.3, 0.4) is 0 Å². The van der Waals surface area contributed by atoms with E-state index in [1.54, 1.807) is 7.11 Å². The molecule has 2 saturated heterocycles. The van der Waals surface area contributed by atoms with Gasteiger partial charge in [0.25, 0.3) is 0 Å². The van der Waals surface area contributed by atoms with Crippen molar-refractivity contribution in [1.82, 2.24) is 9.80 Å².